The first-order valence-corrected chi connectivity index (χ1v) is 8.30. The van der Waals surface area contributed by atoms with Crippen molar-refractivity contribution >= 4 is 46.7 Å². The summed E-state index contributed by atoms with van der Waals surface area (Å²) in [5, 5.41) is 12.5. The number of phenols is 1. The van der Waals surface area contributed by atoms with E-state index in [4.69, 9.17) is 34.8 Å². The monoisotopic (exact) mass is 401 g/mol. The van der Waals surface area contributed by atoms with Crippen molar-refractivity contribution in [2.24, 2.45) is 0 Å². The van der Waals surface area contributed by atoms with Gasteiger partial charge in [0.25, 0.3) is 5.91 Å². The van der Waals surface area contributed by atoms with Crippen molar-refractivity contribution in [2.75, 3.05) is 13.7 Å². The molecule has 2 aromatic carbocycles. The zero-order chi connectivity index (χ0) is 18.6. The predicted molar refractivity (Wildman–Crippen MR) is 97.0 cm³/mol. The Morgan fingerprint density at radius 1 is 1.12 bits per heavy atom. The van der Waals surface area contributed by atoms with Crippen molar-refractivity contribution in [1.82, 2.24) is 5.32 Å². The van der Waals surface area contributed by atoms with Gasteiger partial charge < -0.3 is 15.2 Å². The van der Waals surface area contributed by atoms with Crippen LogP contribution in [0.4, 0.5) is 0 Å². The molecule has 0 fully saturated rings. The summed E-state index contributed by atoms with van der Waals surface area (Å²) in [6.07, 6.45) is 0.514. The minimum absolute atomic E-state index is 0.0575. The van der Waals surface area contributed by atoms with E-state index in [0.29, 0.717) is 12.0 Å². The number of rotatable bonds is 5. The number of ether oxygens (including phenoxy) is 1. The van der Waals surface area contributed by atoms with Gasteiger partial charge in [-0.1, -0.05) is 46.9 Å². The number of esters is 1. The van der Waals surface area contributed by atoms with Gasteiger partial charge in [0, 0.05) is 6.54 Å². The first-order valence-electron chi connectivity index (χ1n) is 7.17. The molecule has 0 saturated heterocycles. The Hall–Kier alpha value is -1.95. The zero-order valence-corrected chi connectivity index (χ0v) is 15.4. The Labute approximate surface area is 159 Å². The number of hydrogen-bond acceptors (Lipinski definition) is 4. The molecular formula is C17H14Cl3NO4. The minimum Gasteiger partial charge on any atom is -0.505 e. The summed E-state index contributed by atoms with van der Waals surface area (Å²) in [6, 6.07) is 8.07. The highest BCUT2D eigenvalue weighted by Gasteiger charge is 2.20. The first kappa shape index (κ1) is 19.4. The molecule has 0 spiro atoms. The van der Waals surface area contributed by atoms with Gasteiger partial charge in [-0.15, -0.1) is 0 Å². The summed E-state index contributed by atoms with van der Waals surface area (Å²) in [5.41, 5.74) is 1.19. The van der Waals surface area contributed by atoms with Gasteiger partial charge in [0.05, 0.1) is 27.7 Å². The van der Waals surface area contributed by atoms with Crippen molar-refractivity contribution in [3.05, 3.63) is 62.1 Å². The fourth-order valence-corrected chi connectivity index (χ4v) is 2.82. The zero-order valence-electron chi connectivity index (χ0n) is 13.1. The third-order valence-electron chi connectivity index (χ3n) is 3.45. The fourth-order valence-electron chi connectivity index (χ4n) is 2.13. The molecule has 1 amide bonds. The van der Waals surface area contributed by atoms with Crippen LogP contribution in [0.3, 0.4) is 0 Å². The van der Waals surface area contributed by atoms with Crippen LogP contribution in [-0.4, -0.2) is 30.6 Å². The summed E-state index contributed by atoms with van der Waals surface area (Å²) in [4.78, 5) is 23.6. The molecule has 0 heterocycles. The molecule has 5 nitrogen and oxygen atoms in total. The second-order valence-electron chi connectivity index (χ2n) is 5.07. The first-order chi connectivity index (χ1) is 11.8. The molecule has 0 unspecified atom stereocenters. The number of phenolic OH excluding ortho intramolecular Hbond substituents is 1. The topological polar surface area (TPSA) is 75.6 Å². The summed E-state index contributed by atoms with van der Waals surface area (Å²) in [6.45, 7) is 0.288. The van der Waals surface area contributed by atoms with Crippen molar-refractivity contribution < 1.29 is 19.4 Å². The molecule has 132 valence electrons. The average molecular weight is 403 g/mol. The van der Waals surface area contributed by atoms with Crippen LogP contribution in [0.2, 0.25) is 15.1 Å². The quantitative estimate of drug-likeness (QED) is 0.583. The molecule has 0 aliphatic carbocycles. The highest BCUT2D eigenvalue weighted by molar-refractivity contribution is 6.45. The van der Waals surface area contributed by atoms with Gasteiger partial charge in [-0.05, 0) is 30.2 Å². The van der Waals surface area contributed by atoms with E-state index in [2.05, 4.69) is 10.1 Å². The van der Waals surface area contributed by atoms with E-state index < -0.39 is 17.6 Å². The number of carbonyl (C=O) groups is 2. The van der Waals surface area contributed by atoms with Crippen molar-refractivity contribution in [3.8, 4) is 5.75 Å². The van der Waals surface area contributed by atoms with Gasteiger partial charge in [0.2, 0.25) is 0 Å². The van der Waals surface area contributed by atoms with Gasteiger partial charge in [0.1, 0.15) is 11.3 Å². The van der Waals surface area contributed by atoms with Crippen molar-refractivity contribution in [1.29, 1.82) is 0 Å². The largest absolute Gasteiger partial charge is 0.505 e. The van der Waals surface area contributed by atoms with E-state index in [1.807, 2.05) is 0 Å². The van der Waals surface area contributed by atoms with Crippen LogP contribution in [0.25, 0.3) is 0 Å². The molecular weight excluding hydrogens is 389 g/mol. The highest BCUT2D eigenvalue weighted by Crippen LogP contribution is 2.38. The molecule has 25 heavy (non-hydrogen) atoms. The SMILES string of the molecule is COC(=O)c1ccc(CCNC(=O)c2c(O)c(Cl)cc(Cl)c2Cl)cc1. The molecule has 0 aliphatic heterocycles. The van der Waals surface area contributed by atoms with E-state index in [9.17, 15) is 14.7 Å². The van der Waals surface area contributed by atoms with Crippen LogP contribution in [-0.2, 0) is 11.2 Å². The average Bonchev–Trinajstić information content (AvgIpc) is 2.60. The Bertz CT molecular complexity index is 780. The Morgan fingerprint density at radius 2 is 1.76 bits per heavy atom. The van der Waals surface area contributed by atoms with Crippen LogP contribution >= 0.6 is 34.8 Å². The van der Waals surface area contributed by atoms with E-state index >= 15 is 0 Å². The van der Waals surface area contributed by atoms with Crippen LogP contribution in [0, 0.1) is 0 Å². The maximum atomic E-state index is 12.2. The Kier molecular flexibility index (Phi) is 6.53. The maximum absolute atomic E-state index is 12.2. The molecule has 0 atom stereocenters. The lowest BCUT2D eigenvalue weighted by Gasteiger charge is -2.11. The van der Waals surface area contributed by atoms with Crippen LogP contribution in [0.15, 0.2) is 30.3 Å². The van der Waals surface area contributed by atoms with Gasteiger partial charge in [0.15, 0.2) is 0 Å². The van der Waals surface area contributed by atoms with Crippen LogP contribution < -0.4 is 5.32 Å². The number of aromatic hydroxyl groups is 1. The number of nitrogens with one attached hydrogen (secondary N) is 1. The second-order valence-corrected chi connectivity index (χ2v) is 6.26. The number of halogens is 3. The Morgan fingerprint density at radius 3 is 2.36 bits per heavy atom. The fraction of sp³-hybridized carbons (Fsp3) is 0.176. The van der Waals surface area contributed by atoms with E-state index in [0.717, 1.165) is 5.56 Å². The number of benzene rings is 2. The van der Waals surface area contributed by atoms with Crippen LogP contribution in [0.5, 0.6) is 5.75 Å². The van der Waals surface area contributed by atoms with Gasteiger partial charge in [-0.3, -0.25) is 4.79 Å². The van der Waals surface area contributed by atoms with Crippen molar-refractivity contribution in [2.45, 2.75) is 6.42 Å². The van der Waals surface area contributed by atoms with E-state index in [1.165, 1.54) is 13.2 Å². The summed E-state index contributed by atoms with van der Waals surface area (Å²) in [7, 11) is 1.31. The third-order valence-corrected chi connectivity index (χ3v) is 4.52. The molecule has 0 bridgehead atoms. The summed E-state index contributed by atoms with van der Waals surface area (Å²) < 4.78 is 4.63. The lowest BCUT2D eigenvalue weighted by molar-refractivity contribution is 0.0600. The lowest BCUT2D eigenvalue weighted by Crippen LogP contribution is -2.26. The van der Waals surface area contributed by atoms with Gasteiger partial charge in [-0.25, -0.2) is 4.79 Å². The smallest absolute Gasteiger partial charge is 0.337 e. The predicted octanol–water partition coefficient (Wildman–Crippen LogP) is 4.11. The van der Waals surface area contributed by atoms with Gasteiger partial charge in [-0.2, -0.15) is 0 Å². The summed E-state index contributed by atoms with van der Waals surface area (Å²) >= 11 is 17.6. The molecule has 8 heteroatoms. The lowest BCUT2D eigenvalue weighted by atomic mass is 10.1. The molecule has 0 saturated carbocycles. The normalized spacial score (nSPS) is 10.4. The molecule has 2 N–H and O–H groups in total. The molecule has 0 radical (unpaired) electrons. The second kappa shape index (κ2) is 8.43. The standard InChI is InChI=1S/C17H14Cl3NO4/c1-25-17(24)10-4-2-9(3-5-10)6-7-21-16(23)13-14(20)11(18)8-12(19)15(13)22/h2-5,8,22H,6-7H2,1H3,(H,21,23). The Balaban J connectivity index is 2.01. The molecule has 0 aliphatic rings. The third kappa shape index (κ3) is 4.57. The minimum atomic E-state index is -0.585. The molecule has 2 aromatic rings. The number of amides is 1. The molecule has 0 aromatic heterocycles. The number of methoxy groups -OCH3 is 1. The summed E-state index contributed by atoms with van der Waals surface area (Å²) in [5.74, 6) is -1.42. The van der Waals surface area contributed by atoms with E-state index in [1.54, 1.807) is 24.3 Å². The number of carbonyl (C=O) groups excluding carboxylic acids is 2. The van der Waals surface area contributed by atoms with Gasteiger partial charge >= 0.3 is 5.97 Å². The van der Waals surface area contributed by atoms with Crippen LogP contribution in [0.1, 0.15) is 26.3 Å². The van der Waals surface area contributed by atoms with E-state index in [-0.39, 0.29) is 27.2 Å². The highest BCUT2D eigenvalue weighted by atomic mass is 35.5. The maximum Gasteiger partial charge on any atom is 0.337 e. The van der Waals surface area contributed by atoms with Crippen molar-refractivity contribution in [3.63, 3.8) is 0 Å². The number of hydrogen-bond donors (Lipinski definition) is 2. The molecule has 2 rings (SSSR count).